The summed E-state index contributed by atoms with van der Waals surface area (Å²) in [7, 11) is 0. The number of carbonyl (C=O) groups is 1. The maximum atomic E-state index is 11.7. The Kier molecular flexibility index (Phi) is 6.21. The molecule has 4 nitrogen and oxygen atoms in total. The molecule has 2 unspecified atom stereocenters. The summed E-state index contributed by atoms with van der Waals surface area (Å²) in [5, 5.41) is 3.40. The fraction of sp³-hybridized carbons (Fsp3) is 0.588. The van der Waals surface area contributed by atoms with Crippen LogP contribution in [0.15, 0.2) is 30.3 Å². The lowest BCUT2D eigenvalue weighted by Crippen LogP contribution is -2.50. The molecule has 0 amide bonds. The highest BCUT2D eigenvalue weighted by atomic mass is 16.5. The number of hydrogen-bond acceptors (Lipinski definition) is 4. The topological polar surface area (TPSA) is 41.6 Å². The van der Waals surface area contributed by atoms with Crippen LogP contribution in [0.2, 0.25) is 0 Å². The lowest BCUT2D eigenvalue weighted by atomic mass is 10.0. The molecule has 2 rings (SSSR count). The molecule has 21 heavy (non-hydrogen) atoms. The molecule has 1 saturated heterocycles. The summed E-state index contributed by atoms with van der Waals surface area (Å²) in [5.74, 6) is -0.155. The van der Waals surface area contributed by atoms with Gasteiger partial charge in [-0.05, 0) is 38.8 Å². The molecule has 1 fully saturated rings. The summed E-state index contributed by atoms with van der Waals surface area (Å²) in [6.07, 6.45) is 2.29. The highest BCUT2D eigenvalue weighted by molar-refractivity contribution is 5.75. The van der Waals surface area contributed by atoms with E-state index >= 15 is 0 Å². The van der Waals surface area contributed by atoms with Crippen molar-refractivity contribution in [3.8, 4) is 0 Å². The molecule has 0 aliphatic carbocycles. The van der Waals surface area contributed by atoms with Gasteiger partial charge in [0.05, 0.1) is 6.61 Å². The second-order valence-corrected chi connectivity index (χ2v) is 5.70. The highest BCUT2D eigenvalue weighted by Crippen LogP contribution is 2.14. The fourth-order valence-corrected chi connectivity index (χ4v) is 2.87. The molecule has 0 bridgehead atoms. The van der Waals surface area contributed by atoms with Gasteiger partial charge in [0.15, 0.2) is 0 Å². The minimum Gasteiger partial charge on any atom is -0.465 e. The molecule has 1 N–H and O–H groups in total. The molecular weight excluding hydrogens is 264 g/mol. The lowest BCUT2D eigenvalue weighted by molar-refractivity contribution is -0.145. The number of likely N-dealkylation sites (tertiary alicyclic amines) is 1. The number of nitrogens with zero attached hydrogens (tertiary/aromatic N) is 1. The Hall–Kier alpha value is -1.39. The summed E-state index contributed by atoms with van der Waals surface area (Å²) in [6, 6.07) is 10.7. The van der Waals surface area contributed by atoms with Crippen molar-refractivity contribution in [1.29, 1.82) is 0 Å². The van der Waals surface area contributed by atoms with E-state index in [2.05, 4.69) is 34.5 Å². The van der Waals surface area contributed by atoms with Crippen LogP contribution >= 0.6 is 0 Å². The molecule has 116 valence electrons. The van der Waals surface area contributed by atoms with E-state index in [-0.39, 0.29) is 12.0 Å². The first-order chi connectivity index (χ1) is 10.2. The van der Waals surface area contributed by atoms with Crippen LogP contribution in [0.4, 0.5) is 0 Å². The normalized spacial score (nSPS) is 21.0. The third kappa shape index (κ3) is 5.14. The van der Waals surface area contributed by atoms with Gasteiger partial charge in [0, 0.05) is 19.1 Å². The second-order valence-electron chi connectivity index (χ2n) is 5.70. The van der Waals surface area contributed by atoms with Crippen molar-refractivity contribution in [2.75, 3.05) is 19.7 Å². The van der Waals surface area contributed by atoms with Crippen LogP contribution in [0.5, 0.6) is 0 Å². The monoisotopic (exact) mass is 290 g/mol. The van der Waals surface area contributed by atoms with E-state index in [0.29, 0.717) is 12.6 Å². The predicted octanol–water partition coefficient (Wildman–Crippen LogP) is 2.19. The van der Waals surface area contributed by atoms with Crippen molar-refractivity contribution in [3.63, 3.8) is 0 Å². The first-order valence-electron chi connectivity index (χ1n) is 7.88. The minimum atomic E-state index is -0.230. The van der Waals surface area contributed by atoms with Crippen LogP contribution < -0.4 is 5.32 Å². The number of rotatable bonds is 6. The van der Waals surface area contributed by atoms with Gasteiger partial charge in [-0.25, -0.2) is 0 Å². The van der Waals surface area contributed by atoms with Crippen LogP contribution in [0.1, 0.15) is 32.3 Å². The van der Waals surface area contributed by atoms with Crippen LogP contribution in [0.25, 0.3) is 0 Å². The number of hydrogen-bond donors (Lipinski definition) is 1. The molecule has 0 radical (unpaired) electrons. The van der Waals surface area contributed by atoms with Crippen molar-refractivity contribution < 1.29 is 9.53 Å². The zero-order valence-electron chi connectivity index (χ0n) is 13.0. The number of esters is 1. The van der Waals surface area contributed by atoms with E-state index in [0.717, 1.165) is 26.1 Å². The third-order valence-corrected chi connectivity index (χ3v) is 3.88. The Bertz CT molecular complexity index is 436. The quantitative estimate of drug-likeness (QED) is 0.816. The van der Waals surface area contributed by atoms with Gasteiger partial charge >= 0.3 is 5.97 Å². The van der Waals surface area contributed by atoms with Gasteiger partial charge in [-0.1, -0.05) is 30.3 Å². The van der Waals surface area contributed by atoms with Crippen LogP contribution in [0, 0.1) is 0 Å². The van der Waals surface area contributed by atoms with Crippen molar-refractivity contribution >= 4 is 5.97 Å². The third-order valence-electron chi connectivity index (χ3n) is 3.88. The van der Waals surface area contributed by atoms with E-state index in [1.807, 2.05) is 19.9 Å². The SMILES string of the molecule is CCOC(=O)C(C)NC1CCCN(Cc2ccccc2)C1. The molecule has 1 heterocycles. The van der Waals surface area contributed by atoms with Gasteiger partial charge in [0.2, 0.25) is 0 Å². The maximum Gasteiger partial charge on any atom is 0.322 e. The summed E-state index contributed by atoms with van der Waals surface area (Å²) < 4.78 is 5.05. The Morgan fingerprint density at radius 2 is 2.19 bits per heavy atom. The predicted molar refractivity (Wildman–Crippen MR) is 84.0 cm³/mol. The zero-order chi connectivity index (χ0) is 15.1. The van der Waals surface area contributed by atoms with Crippen molar-refractivity contribution in [1.82, 2.24) is 10.2 Å². The van der Waals surface area contributed by atoms with Crippen LogP contribution in [-0.2, 0) is 16.1 Å². The first kappa shape index (κ1) is 16.0. The summed E-state index contributed by atoms with van der Waals surface area (Å²) in [4.78, 5) is 14.1. The minimum absolute atomic E-state index is 0.155. The Balaban J connectivity index is 1.82. The Morgan fingerprint density at radius 1 is 1.43 bits per heavy atom. The van der Waals surface area contributed by atoms with Crippen molar-refractivity contribution in [2.45, 2.75) is 45.3 Å². The number of carbonyl (C=O) groups excluding carboxylic acids is 1. The maximum absolute atomic E-state index is 11.7. The van der Waals surface area contributed by atoms with E-state index in [1.54, 1.807) is 0 Å². The van der Waals surface area contributed by atoms with Gasteiger partial charge < -0.3 is 10.1 Å². The largest absolute Gasteiger partial charge is 0.465 e. The highest BCUT2D eigenvalue weighted by Gasteiger charge is 2.23. The number of ether oxygens (including phenoxy) is 1. The molecule has 1 aromatic rings. The van der Waals surface area contributed by atoms with Gasteiger partial charge in [0.25, 0.3) is 0 Å². The standard InChI is InChI=1S/C17H26N2O2/c1-3-21-17(20)14(2)18-16-10-7-11-19(13-16)12-15-8-5-4-6-9-15/h4-6,8-9,14,16,18H,3,7,10-13H2,1-2H3. The lowest BCUT2D eigenvalue weighted by Gasteiger charge is -2.34. The average Bonchev–Trinajstić information content (AvgIpc) is 2.49. The molecule has 2 atom stereocenters. The molecule has 0 spiro atoms. The van der Waals surface area contributed by atoms with Gasteiger partial charge in [0.1, 0.15) is 6.04 Å². The second kappa shape index (κ2) is 8.15. The van der Waals surface area contributed by atoms with Crippen LogP contribution in [-0.4, -0.2) is 42.6 Å². The van der Waals surface area contributed by atoms with E-state index in [1.165, 1.54) is 12.0 Å². The first-order valence-corrected chi connectivity index (χ1v) is 7.88. The van der Waals surface area contributed by atoms with Gasteiger partial charge in [-0.15, -0.1) is 0 Å². The summed E-state index contributed by atoms with van der Waals surface area (Å²) in [5.41, 5.74) is 1.34. The fourth-order valence-electron chi connectivity index (χ4n) is 2.87. The number of benzene rings is 1. The van der Waals surface area contributed by atoms with Crippen molar-refractivity contribution in [3.05, 3.63) is 35.9 Å². The van der Waals surface area contributed by atoms with Gasteiger partial charge in [-0.3, -0.25) is 9.69 Å². The van der Waals surface area contributed by atoms with Crippen LogP contribution in [0.3, 0.4) is 0 Å². The summed E-state index contributed by atoms with van der Waals surface area (Å²) >= 11 is 0. The molecular formula is C17H26N2O2. The Morgan fingerprint density at radius 3 is 2.90 bits per heavy atom. The molecule has 0 saturated carbocycles. The van der Waals surface area contributed by atoms with E-state index in [4.69, 9.17) is 4.74 Å². The average molecular weight is 290 g/mol. The molecule has 0 aromatic heterocycles. The van der Waals surface area contributed by atoms with Gasteiger partial charge in [-0.2, -0.15) is 0 Å². The molecule has 1 aliphatic heterocycles. The Labute approximate surface area is 127 Å². The smallest absolute Gasteiger partial charge is 0.322 e. The van der Waals surface area contributed by atoms with E-state index < -0.39 is 0 Å². The molecule has 4 heteroatoms. The number of nitrogens with one attached hydrogen (secondary N) is 1. The zero-order valence-corrected chi connectivity index (χ0v) is 13.0. The van der Waals surface area contributed by atoms with Crippen molar-refractivity contribution in [2.24, 2.45) is 0 Å². The molecule has 1 aliphatic rings. The molecule has 1 aromatic carbocycles. The van der Waals surface area contributed by atoms with E-state index in [9.17, 15) is 4.79 Å². The summed E-state index contributed by atoms with van der Waals surface area (Å²) in [6.45, 7) is 7.25. The number of piperidine rings is 1.